The topological polar surface area (TPSA) is 81.7 Å². The van der Waals surface area contributed by atoms with Gasteiger partial charge in [-0.25, -0.2) is 5.48 Å². The first-order valence-corrected chi connectivity index (χ1v) is 11.1. The highest BCUT2D eigenvalue weighted by Gasteiger charge is 2.24. The quantitative estimate of drug-likeness (QED) is 0.303. The summed E-state index contributed by atoms with van der Waals surface area (Å²) < 4.78 is 0. The van der Waals surface area contributed by atoms with Gasteiger partial charge in [0.25, 0.3) is 0 Å². The molecule has 0 atom stereocenters. The molecule has 1 heterocycles. The van der Waals surface area contributed by atoms with Gasteiger partial charge >= 0.3 is 0 Å². The number of rotatable bonds is 9. The average Bonchev–Trinajstić information content (AvgIpc) is 2.82. The van der Waals surface area contributed by atoms with E-state index in [-0.39, 0.29) is 30.7 Å². The molecule has 1 aliphatic rings. The second kappa shape index (κ2) is 13.2. The number of amides is 2. The van der Waals surface area contributed by atoms with Gasteiger partial charge in [-0.15, -0.1) is 12.4 Å². The van der Waals surface area contributed by atoms with E-state index in [4.69, 9.17) is 5.21 Å². The zero-order chi connectivity index (χ0) is 22.1. The number of nitrogens with one attached hydrogen (secondary N) is 2. The molecular weight excluding hydrogens is 426 g/mol. The number of hydrogen-bond donors (Lipinski definition) is 3. The van der Waals surface area contributed by atoms with Crippen molar-refractivity contribution >= 4 is 29.9 Å². The van der Waals surface area contributed by atoms with Crippen molar-refractivity contribution < 1.29 is 14.8 Å². The minimum absolute atomic E-state index is 0. The van der Waals surface area contributed by atoms with Gasteiger partial charge < -0.3 is 10.2 Å². The van der Waals surface area contributed by atoms with Gasteiger partial charge in [0.15, 0.2) is 0 Å². The Morgan fingerprint density at radius 3 is 1.97 bits per heavy atom. The fraction of sp³-hybridized carbons (Fsp3) is 0.440. The molecule has 0 aliphatic carbocycles. The number of unbranched alkanes of at least 4 members (excludes halogenated alkanes) is 1. The highest BCUT2D eigenvalue weighted by Crippen LogP contribution is 2.21. The van der Waals surface area contributed by atoms with Crippen LogP contribution in [0.3, 0.4) is 0 Å². The number of halogens is 1. The van der Waals surface area contributed by atoms with E-state index < -0.39 is 5.91 Å². The van der Waals surface area contributed by atoms with Crippen molar-refractivity contribution in [2.24, 2.45) is 5.92 Å². The molecule has 3 rings (SSSR count). The van der Waals surface area contributed by atoms with Crippen LogP contribution in [-0.2, 0) is 28.9 Å². The van der Waals surface area contributed by atoms with E-state index in [1.54, 1.807) is 10.4 Å². The third-order valence-electron chi connectivity index (χ3n) is 6.04. The predicted octanol–water partition coefficient (Wildman–Crippen LogP) is 3.68. The SMILES string of the molecule is CN(C(=O)C1CCNCC1)c1ccc(CCCCc2ccc(CC(=O)NO)cc2)cc1.Cl. The van der Waals surface area contributed by atoms with Crippen LogP contribution in [0, 0.1) is 5.92 Å². The zero-order valence-corrected chi connectivity index (χ0v) is 19.5. The summed E-state index contributed by atoms with van der Waals surface area (Å²) in [5, 5.41) is 11.9. The van der Waals surface area contributed by atoms with Gasteiger partial charge in [-0.05, 0) is 80.4 Å². The second-order valence-electron chi connectivity index (χ2n) is 8.32. The van der Waals surface area contributed by atoms with Crippen molar-refractivity contribution in [2.75, 3.05) is 25.0 Å². The van der Waals surface area contributed by atoms with Gasteiger partial charge in [0.1, 0.15) is 0 Å². The van der Waals surface area contributed by atoms with Gasteiger partial charge in [-0.3, -0.25) is 14.8 Å². The van der Waals surface area contributed by atoms with Crippen molar-refractivity contribution in [1.82, 2.24) is 10.8 Å². The Hall–Kier alpha value is -2.41. The maximum Gasteiger partial charge on any atom is 0.247 e. The van der Waals surface area contributed by atoms with Crippen molar-refractivity contribution in [3.8, 4) is 0 Å². The molecule has 0 saturated carbocycles. The molecule has 0 aromatic heterocycles. The van der Waals surface area contributed by atoms with Crippen LogP contribution < -0.4 is 15.7 Å². The van der Waals surface area contributed by atoms with Gasteiger partial charge in [-0.2, -0.15) is 0 Å². The molecule has 174 valence electrons. The minimum Gasteiger partial charge on any atom is -0.317 e. The summed E-state index contributed by atoms with van der Waals surface area (Å²) in [6.45, 7) is 1.85. The van der Waals surface area contributed by atoms with Gasteiger partial charge in [-0.1, -0.05) is 36.4 Å². The molecule has 7 heteroatoms. The number of piperidine rings is 1. The Kier molecular flexibility index (Phi) is 10.7. The molecule has 0 spiro atoms. The molecule has 1 saturated heterocycles. The van der Waals surface area contributed by atoms with Crippen LogP contribution in [0.2, 0.25) is 0 Å². The van der Waals surface area contributed by atoms with Gasteiger partial charge in [0.05, 0.1) is 6.42 Å². The van der Waals surface area contributed by atoms with E-state index in [0.29, 0.717) is 0 Å². The highest BCUT2D eigenvalue weighted by atomic mass is 35.5. The summed E-state index contributed by atoms with van der Waals surface area (Å²) in [7, 11) is 1.88. The molecule has 6 nitrogen and oxygen atoms in total. The molecule has 0 unspecified atom stereocenters. The lowest BCUT2D eigenvalue weighted by molar-refractivity contribution is -0.128. The van der Waals surface area contributed by atoms with Crippen molar-refractivity contribution in [3.63, 3.8) is 0 Å². The molecular formula is C25H34ClN3O3. The first-order valence-electron chi connectivity index (χ1n) is 11.1. The van der Waals surface area contributed by atoms with E-state index in [0.717, 1.165) is 62.9 Å². The van der Waals surface area contributed by atoms with Crippen LogP contribution in [0.15, 0.2) is 48.5 Å². The zero-order valence-electron chi connectivity index (χ0n) is 18.7. The van der Waals surface area contributed by atoms with Crippen LogP contribution >= 0.6 is 12.4 Å². The third kappa shape index (κ3) is 7.62. The lowest BCUT2D eigenvalue weighted by Gasteiger charge is -2.27. The third-order valence-corrected chi connectivity index (χ3v) is 6.04. The molecule has 0 bridgehead atoms. The normalized spacial score (nSPS) is 13.8. The number of aryl methyl sites for hydroxylation is 2. The van der Waals surface area contributed by atoms with Crippen LogP contribution in [0.4, 0.5) is 5.69 Å². The molecule has 2 amide bonds. The summed E-state index contributed by atoms with van der Waals surface area (Å²) in [6, 6.07) is 16.3. The smallest absolute Gasteiger partial charge is 0.247 e. The van der Waals surface area contributed by atoms with Crippen molar-refractivity contribution in [1.29, 1.82) is 0 Å². The van der Waals surface area contributed by atoms with Crippen LogP contribution in [0.5, 0.6) is 0 Å². The number of hydroxylamine groups is 1. The predicted molar refractivity (Wildman–Crippen MR) is 129 cm³/mol. The number of hydrogen-bond acceptors (Lipinski definition) is 4. The van der Waals surface area contributed by atoms with Gasteiger partial charge in [0.2, 0.25) is 11.8 Å². The monoisotopic (exact) mass is 459 g/mol. The first-order chi connectivity index (χ1) is 15.1. The average molecular weight is 460 g/mol. The van der Waals surface area contributed by atoms with E-state index in [1.807, 2.05) is 31.3 Å². The summed E-state index contributed by atoms with van der Waals surface area (Å²) in [6.07, 6.45) is 6.22. The highest BCUT2D eigenvalue weighted by molar-refractivity contribution is 5.94. The summed E-state index contributed by atoms with van der Waals surface area (Å²) >= 11 is 0. The molecule has 3 N–H and O–H groups in total. The molecule has 0 radical (unpaired) electrons. The Labute approximate surface area is 196 Å². The number of nitrogens with zero attached hydrogens (tertiary/aromatic N) is 1. The van der Waals surface area contributed by atoms with Gasteiger partial charge in [0, 0.05) is 18.7 Å². The second-order valence-corrected chi connectivity index (χ2v) is 8.32. The van der Waals surface area contributed by atoms with E-state index in [1.165, 1.54) is 11.1 Å². The Morgan fingerprint density at radius 2 is 1.44 bits per heavy atom. The maximum absolute atomic E-state index is 12.7. The Balaban J connectivity index is 0.00000363. The molecule has 1 aliphatic heterocycles. The Bertz CT molecular complexity index is 850. The van der Waals surface area contributed by atoms with Crippen molar-refractivity contribution in [3.05, 3.63) is 65.2 Å². The number of anilines is 1. The lowest BCUT2D eigenvalue weighted by Crippen LogP contribution is -2.39. The van der Waals surface area contributed by atoms with E-state index >= 15 is 0 Å². The standard InChI is InChI=1S/C25H33N3O3.ClH/c1-28(25(30)22-14-16-26-17-15-22)23-12-10-20(11-13-23)5-3-2-4-19-6-8-21(9-7-19)18-24(29)27-31;/h6-13,22,26,31H,2-5,14-18H2,1H3,(H,27,29);1H. The largest absolute Gasteiger partial charge is 0.317 e. The van der Waals surface area contributed by atoms with E-state index in [9.17, 15) is 9.59 Å². The fourth-order valence-electron chi connectivity index (χ4n) is 4.06. The van der Waals surface area contributed by atoms with Crippen LogP contribution in [0.1, 0.15) is 42.4 Å². The fourth-order valence-corrected chi connectivity index (χ4v) is 4.06. The number of carbonyl (C=O) groups excluding carboxylic acids is 2. The molecule has 2 aromatic carbocycles. The molecule has 1 fully saturated rings. The number of benzene rings is 2. The Morgan fingerprint density at radius 1 is 0.938 bits per heavy atom. The number of carbonyl (C=O) groups is 2. The summed E-state index contributed by atoms with van der Waals surface area (Å²) in [5.41, 5.74) is 6.04. The lowest BCUT2D eigenvalue weighted by atomic mass is 9.96. The summed E-state index contributed by atoms with van der Waals surface area (Å²) in [4.78, 5) is 25.7. The van der Waals surface area contributed by atoms with Crippen molar-refractivity contribution in [2.45, 2.75) is 44.9 Å². The van der Waals surface area contributed by atoms with Crippen LogP contribution in [0.25, 0.3) is 0 Å². The summed E-state index contributed by atoms with van der Waals surface area (Å²) in [5.74, 6) is -0.0512. The molecule has 32 heavy (non-hydrogen) atoms. The first kappa shape index (κ1) is 25.8. The van der Waals surface area contributed by atoms with Crippen LogP contribution in [-0.4, -0.2) is 37.2 Å². The molecule has 2 aromatic rings. The van der Waals surface area contributed by atoms with E-state index in [2.05, 4.69) is 29.6 Å². The maximum atomic E-state index is 12.7. The minimum atomic E-state index is -0.402.